The highest BCUT2D eigenvalue weighted by molar-refractivity contribution is 8.02. The van der Waals surface area contributed by atoms with Crippen molar-refractivity contribution in [1.29, 1.82) is 0 Å². The topological polar surface area (TPSA) is 17.1 Å². The van der Waals surface area contributed by atoms with Crippen LogP contribution in [0.5, 0.6) is 0 Å². The van der Waals surface area contributed by atoms with E-state index in [2.05, 4.69) is 6.92 Å². The summed E-state index contributed by atoms with van der Waals surface area (Å²) < 4.78 is 0. The van der Waals surface area contributed by atoms with Gasteiger partial charge in [-0.3, -0.25) is 4.79 Å². The molecule has 0 spiro atoms. The largest absolute Gasteiger partial charge is 0.293 e. The first-order valence-electron chi connectivity index (χ1n) is 4.79. The van der Waals surface area contributed by atoms with Crippen LogP contribution in [0.2, 0.25) is 0 Å². The second kappa shape index (κ2) is 6.16. The first kappa shape index (κ1) is 11.7. The van der Waals surface area contributed by atoms with Crippen molar-refractivity contribution in [3.05, 3.63) is 30.3 Å². The van der Waals surface area contributed by atoms with Crippen molar-refractivity contribution in [2.45, 2.75) is 26.2 Å². The lowest BCUT2D eigenvalue weighted by molar-refractivity contribution is -0.111. The summed E-state index contributed by atoms with van der Waals surface area (Å²) in [6.45, 7) is 2.08. The van der Waals surface area contributed by atoms with Crippen LogP contribution >= 0.6 is 18.5 Å². The zero-order valence-electron chi connectivity index (χ0n) is 8.24. The molecule has 0 N–H and O–H groups in total. The van der Waals surface area contributed by atoms with E-state index in [1.54, 1.807) is 0 Å². The number of hydrogen-bond acceptors (Lipinski definition) is 1. The molecule has 0 aromatic heterocycles. The minimum absolute atomic E-state index is 0.190. The summed E-state index contributed by atoms with van der Waals surface area (Å²) in [7, 11) is -1.12. The minimum Gasteiger partial charge on any atom is -0.293 e. The van der Waals surface area contributed by atoms with Gasteiger partial charge in [-0.2, -0.15) is 0 Å². The summed E-state index contributed by atoms with van der Waals surface area (Å²) in [5.74, 6) is 0. The SMILES string of the molecule is CCCCC(=O)P(Cl)c1ccccc1. The smallest absolute Gasteiger partial charge is 0.174 e. The van der Waals surface area contributed by atoms with Gasteiger partial charge >= 0.3 is 0 Å². The van der Waals surface area contributed by atoms with E-state index in [1.807, 2.05) is 30.3 Å². The zero-order chi connectivity index (χ0) is 10.4. The fourth-order valence-electron chi connectivity index (χ4n) is 1.13. The average molecular weight is 229 g/mol. The zero-order valence-corrected chi connectivity index (χ0v) is 9.89. The molecular formula is C11H14ClOP. The molecule has 1 unspecified atom stereocenters. The highest BCUT2D eigenvalue weighted by Gasteiger charge is 2.16. The molecule has 0 fully saturated rings. The van der Waals surface area contributed by atoms with Crippen molar-refractivity contribution in [3.63, 3.8) is 0 Å². The second-order valence-corrected chi connectivity index (χ2v) is 5.70. The lowest BCUT2D eigenvalue weighted by atomic mass is 10.3. The maximum Gasteiger partial charge on any atom is 0.174 e. The first-order chi connectivity index (χ1) is 6.75. The van der Waals surface area contributed by atoms with Crippen molar-refractivity contribution in [2.24, 2.45) is 0 Å². The summed E-state index contributed by atoms with van der Waals surface area (Å²) >= 11 is 6.11. The molecule has 0 saturated heterocycles. The Balaban J connectivity index is 2.57. The molecule has 1 aromatic carbocycles. The van der Waals surface area contributed by atoms with Gasteiger partial charge in [0, 0.05) is 6.42 Å². The maximum absolute atomic E-state index is 11.6. The lowest BCUT2D eigenvalue weighted by Crippen LogP contribution is -2.03. The van der Waals surface area contributed by atoms with Crippen molar-refractivity contribution < 1.29 is 4.79 Å². The van der Waals surface area contributed by atoms with Crippen LogP contribution in [-0.2, 0) is 4.79 Å². The summed E-state index contributed by atoms with van der Waals surface area (Å²) in [5, 5.41) is 0.963. The molecule has 0 aliphatic carbocycles. The molecule has 1 nitrogen and oxygen atoms in total. The second-order valence-electron chi connectivity index (χ2n) is 3.11. The van der Waals surface area contributed by atoms with Crippen LogP contribution in [-0.4, -0.2) is 5.52 Å². The third-order valence-corrected chi connectivity index (χ3v) is 4.51. The molecule has 1 aromatic rings. The Morgan fingerprint density at radius 3 is 2.57 bits per heavy atom. The Morgan fingerprint density at radius 1 is 1.36 bits per heavy atom. The van der Waals surface area contributed by atoms with Gasteiger partial charge < -0.3 is 0 Å². The summed E-state index contributed by atoms with van der Waals surface area (Å²) in [5.41, 5.74) is 0.190. The van der Waals surface area contributed by atoms with Gasteiger partial charge in [0.15, 0.2) is 5.52 Å². The van der Waals surface area contributed by atoms with E-state index in [0.717, 1.165) is 18.1 Å². The standard InChI is InChI=1S/C11H14ClOP/c1-2-3-9-11(13)14(12)10-7-5-4-6-8-10/h4-8H,2-3,9H2,1H3. The molecule has 3 heteroatoms. The van der Waals surface area contributed by atoms with Crippen LogP contribution < -0.4 is 5.30 Å². The summed E-state index contributed by atoms with van der Waals surface area (Å²) in [6, 6.07) is 9.60. The van der Waals surface area contributed by atoms with Crippen LogP contribution in [0.4, 0.5) is 0 Å². The van der Waals surface area contributed by atoms with E-state index in [9.17, 15) is 4.79 Å². The number of carbonyl (C=O) groups excluding carboxylic acids is 1. The maximum atomic E-state index is 11.6. The first-order valence-corrected chi connectivity index (χ1v) is 7.04. The van der Waals surface area contributed by atoms with Crippen LogP contribution in [0, 0.1) is 0 Å². The molecule has 0 bridgehead atoms. The molecule has 0 aliphatic rings. The van der Waals surface area contributed by atoms with Crippen LogP contribution in [0.3, 0.4) is 0 Å². The Bertz CT molecular complexity index is 287. The van der Waals surface area contributed by atoms with Crippen molar-refractivity contribution >= 4 is 29.3 Å². The van der Waals surface area contributed by atoms with Gasteiger partial charge in [-0.05, 0) is 11.7 Å². The Morgan fingerprint density at radius 2 is 2.00 bits per heavy atom. The van der Waals surface area contributed by atoms with Crippen molar-refractivity contribution in [3.8, 4) is 0 Å². The molecule has 1 atom stereocenters. The molecule has 0 saturated carbocycles. The normalized spacial score (nSPS) is 12.4. The number of benzene rings is 1. The molecule has 76 valence electrons. The van der Waals surface area contributed by atoms with Gasteiger partial charge in [0.25, 0.3) is 0 Å². The average Bonchev–Trinajstić information content (AvgIpc) is 2.26. The molecule has 0 aliphatic heterocycles. The quantitative estimate of drug-likeness (QED) is 0.703. The van der Waals surface area contributed by atoms with Gasteiger partial charge in [0.05, 0.1) is 7.27 Å². The number of hydrogen-bond donors (Lipinski definition) is 0. The minimum atomic E-state index is -1.12. The fourth-order valence-corrected chi connectivity index (χ4v) is 2.80. The third-order valence-electron chi connectivity index (χ3n) is 1.95. The van der Waals surface area contributed by atoms with Crippen LogP contribution in [0.25, 0.3) is 0 Å². The van der Waals surface area contributed by atoms with Gasteiger partial charge in [0.2, 0.25) is 0 Å². The van der Waals surface area contributed by atoms with Gasteiger partial charge in [-0.25, -0.2) is 0 Å². The Kier molecular flexibility index (Phi) is 5.14. The Hall–Kier alpha value is -0.390. The molecule has 0 amide bonds. The van der Waals surface area contributed by atoms with E-state index in [1.165, 1.54) is 0 Å². The molecule has 0 heterocycles. The fraction of sp³-hybridized carbons (Fsp3) is 0.364. The number of rotatable bonds is 5. The van der Waals surface area contributed by atoms with E-state index in [4.69, 9.17) is 11.2 Å². The lowest BCUT2D eigenvalue weighted by Gasteiger charge is -2.07. The van der Waals surface area contributed by atoms with Crippen molar-refractivity contribution in [2.75, 3.05) is 0 Å². The van der Waals surface area contributed by atoms with E-state index < -0.39 is 7.27 Å². The summed E-state index contributed by atoms with van der Waals surface area (Å²) in [4.78, 5) is 11.6. The summed E-state index contributed by atoms with van der Waals surface area (Å²) in [6.07, 6.45) is 2.60. The van der Waals surface area contributed by atoms with Gasteiger partial charge in [-0.15, -0.1) is 0 Å². The molecule has 0 radical (unpaired) electrons. The molecular weight excluding hydrogens is 215 g/mol. The van der Waals surface area contributed by atoms with Crippen molar-refractivity contribution in [1.82, 2.24) is 0 Å². The van der Waals surface area contributed by atoms with Crippen LogP contribution in [0.15, 0.2) is 30.3 Å². The van der Waals surface area contributed by atoms with Crippen LogP contribution in [0.1, 0.15) is 26.2 Å². The Labute approximate surface area is 91.0 Å². The monoisotopic (exact) mass is 228 g/mol. The van der Waals surface area contributed by atoms with Gasteiger partial charge in [-0.1, -0.05) is 54.9 Å². The van der Waals surface area contributed by atoms with Gasteiger partial charge in [0.1, 0.15) is 0 Å². The predicted octanol–water partition coefficient (Wildman–Crippen LogP) is 3.66. The number of halogens is 1. The highest BCUT2D eigenvalue weighted by Crippen LogP contribution is 2.42. The third kappa shape index (κ3) is 3.40. The van der Waals surface area contributed by atoms with E-state index >= 15 is 0 Å². The van der Waals surface area contributed by atoms with E-state index in [0.29, 0.717) is 6.42 Å². The highest BCUT2D eigenvalue weighted by atomic mass is 35.7. The number of unbranched alkanes of at least 4 members (excludes halogenated alkanes) is 1. The number of carbonyl (C=O) groups is 1. The predicted molar refractivity (Wildman–Crippen MR) is 63.4 cm³/mol. The van der Waals surface area contributed by atoms with E-state index in [-0.39, 0.29) is 5.52 Å². The molecule has 1 rings (SSSR count). The molecule has 14 heavy (non-hydrogen) atoms.